The number of hydrogen-bond donors (Lipinski definition) is 1. The zero-order chi connectivity index (χ0) is 18.2. The second-order valence-electron chi connectivity index (χ2n) is 4.86. The number of alkyl halides is 2. The third-order valence-corrected chi connectivity index (χ3v) is 3.83. The summed E-state index contributed by atoms with van der Waals surface area (Å²) in [6, 6.07) is 2.89. The number of esters is 1. The SMILES string of the molecule is COC(=O)C(F)(F)c1cc[n+](O)c(-c2ccc(C)c(Cl)c2F)c1F. The molecule has 0 fully saturated rings. The standard InChI is InChI=1S/C15H11ClF4NO3/c1-7-3-4-8(11(17)10(7)16)13-12(18)9(5-6-21(13)23)15(19,20)14(22)24-2/h3-6,23H,1-2H3/q+1. The Balaban J connectivity index is 2.76. The van der Waals surface area contributed by atoms with Gasteiger partial charge in [0.05, 0.1) is 23.3 Å². The summed E-state index contributed by atoms with van der Waals surface area (Å²) in [5.41, 5.74) is -2.49. The molecule has 9 heteroatoms. The predicted octanol–water partition coefficient (Wildman–Crippen LogP) is 3.38. The van der Waals surface area contributed by atoms with Gasteiger partial charge in [-0.15, -0.1) is 0 Å². The Morgan fingerprint density at radius 2 is 1.88 bits per heavy atom. The summed E-state index contributed by atoms with van der Waals surface area (Å²) in [4.78, 5) is 11.2. The summed E-state index contributed by atoms with van der Waals surface area (Å²) in [7, 11) is 0.712. The number of carbonyl (C=O) groups excluding carboxylic acids is 1. The highest BCUT2D eigenvalue weighted by Gasteiger charge is 2.47. The molecule has 4 nitrogen and oxygen atoms in total. The zero-order valence-corrected chi connectivity index (χ0v) is 13.2. The average molecular weight is 365 g/mol. The largest absolute Gasteiger partial charge is 0.464 e. The van der Waals surface area contributed by atoms with E-state index in [0.717, 1.165) is 6.07 Å². The minimum atomic E-state index is -4.33. The molecule has 0 saturated heterocycles. The minimum absolute atomic E-state index is 0.121. The molecule has 0 atom stereocenters. The summed E-state index contributed by atoms with van der Waals surface area (Å²) in [6.07, 6.45) is 0.651. The van der Waals surface area contributed by atoms with E-state index in [1.165, 1.54) is 13.0 Å². The summed E-state index contributed by atoms with van der Waals surface area (Å²) < 4.78 is 60.8. The Bertz CT molecular complexity index is 827. The van der Waals surface area contributed by atoms with E-state index in [0.29, 0.717) is 24.9 Å². The van der Waals surface area contributed by atoms with Crippen LogP contribution in [0.1, 0.15) is 11.1 Å². The van der Waals surface area contributed by atoms with E-state index in [1.807, 2.05) is 0 Å². The molecule has 0 unspecified atom stereocenters. The fourth-order valence-corrected chi connectivity index (χ4v) is 2.24. The van der Waals surface area contributed by atoms with Crippen LogP contribution in [0.5, 0.6) is 0 Å². The molecule has 0 aliphatic rings. The van der Waals surface area contributed by atoms with Gasteiger partial charge in [-0.2, -0.15) is 13.2 Å². The number of aromatic nitrogens is 1. The lowest BCUT2D eigenvalue weighted by Gasteiger charge is -2.14. The van der Waals surface area contributed by atoms with E-state index in [2.05, 4.69) is 4.74 Å². The number of benzene rings is 1. The molecule has 128 valence electrons. The lowest BCUT2D eigenvalue weighted by Crippen LogP contribution is -2.37. The normalized spacial score (nSPS) is 11.5. The quantitative estimate of drug-likeness (QED) is 0.393. The van der Waals surface area contributed by atoms with Crippen molar-refractivity contribution >= 4 is 17.6 Å². The van der Waals surface area contributed by atoms with Gasteiger partial charge >= 0.3 is 17.6 Å². The van der Waals surface area contributed by atoms with Crippen molar-refractivity contribution in [3.8, 4) is 11.3 Å². The topological polar surface area (TPSA) is 50.4 Å². The molecule has 0 bridgehead atoms. The molecule has 0 amide bonds. The lowest BCUT2D eigenvalue weighted by atomic mass is 10.0. The second-order valence-corrected chi connectivity index (χ2v) is 5.24. The van der Waals surface area contributed by atoms with E-state index >= 15 is 0 Å². The molecule has 0 aliphatic carbocycles. The highest BCUT2D eigenvalue weighted by molar-refractivity contribution is 6.31. The Labute approximate surface area is 138 Å². The predicted molar refractivity (Wildman–Crippen MR) is 74.8 cm³/mol. The first-order chi connectivity index (χ1) is 11.1. The molecule has 1 N–H and O–H groups in total. The Hall–Kier alpha value is -2.35. The number of hydrogen-bond acceptors (Lipinski definition) is 3. The summed E-state index contributed by atoms with van der Waals surface area (Å²) in [5, 5.41) is 9.37. The van der Waals surface area contributed by atoms with Crippen molar-refractivity contribution in [1.29, 1.82) is 0 Å². The third kappa shape index (κ3) is 2.77. The van der Waals surface area contributed by atoms with Gasteiger partial charge in [-0.3, -0.25) is 5.21 Å². The van der Waals surface area contributed by atoms with Crippen molar-refractivity contribution in [3.05, 3.63) is 52.2 Å². The van der Waals surface area contributed by atoms with Gasteiger partial charge in [0.25, 0.3) is 0 Å². The van der Waals surface area contributed by atoms with E-state index in [1.54, 1.807) is 0 Å². The molecule has 1 aromatic heterocycles. The smallest absolute Gasteiger partial charge is 0.381 e. The first-order valence-corrected chi connectivity index (χ1v) is 6.85. The fraction of sp³-hybridized carbons (Fsp3) is 0.200. The number of aryl methyl sites for hydroxylation is 1. The Kier molecular flexibility index (Phi) is 4.70. The van der Waals surface area contributed by atoms with Crippen molar-refractivity contribution in [3.63, 3.8) is 0 Å². The van der Waals surface area contributed by atoms with Crippen molar-refractivity contribution in [2.45, 2.75) is 12.8 Å². The van der Waals surface area contributed by atoms with Crippen LogP contribution in [-0.4, -0.2) is 18.3 Å². The number of nitrogens with zero attached hydrogens (tertiary/aromatic N) is 1. The van der Waals surface area contributed by atoms with Crippen molar-refractivity contribution < 1.29 is 37.0 Å². The molecule has 24 heavy (non-hydrogen) atoms. The number of methoxy groups -OCH3 is 1. The first kappa shape index (κ1) is 18.0. The van der Waals surface area contributed by atoms with Gasteiger partial charge in [-0.05, 0) is 18.6 Å². The monoisotopic (exact) mass is 364 g/mol. The third-order valence-electron chi connectivity index (χ3n) is 3.37. The summed E-state index contributed by atoms with van der Waals surface area (Å²) in [6.45, 7) is 1.49. The van der Waals surface area contributed by atoms with E-state index < -0.39 is 40.3 Å². The highest BCUT2D eigenvalue weighted by atomic mass is 35.5. The van der Waals surface area contributed by atoms with Gasteiger partial charge in [0, 0.05) is 10.8 Å². The number of pyridine rings is 1. The molecule has 0 spiro atoms. The maximum Gasteiger partial charge on any atom is 0.381 e. The molecule has 0 aliphatic heterocycles. The van der Waals surface area contributed by atoms with Gasteiger partial charge in [-0.25, -0.2) is 9.18 Å². The molecule has 1 heterocycles. The maximum absolute atomic E-state index is 14.5. The van der Waals surface area contributed by atoms with Gasteiger partial charge < -0.3 is 4.74 Å². The second kappa shape index (κ2) is 6.27. The van der Waals surface area contributed by atoms with Crippen LogP contribution in [0, 0.1) is 18.6 Å². The van der Waals surface area contributed by atoms with Gasteiger partial charge in [-0.1, -0.05) is 17.7 Å². The lowest BCUT2D eigenvalue weighted by molar-refractivity contribution is -0.897. The molecule has 1 aromatic carbocycles. The highest BCUT2D eigenvalue weighted by Crippen LogP contribution is 2.36. The number of carbonyl (C=O) groups is 1. The zero-order valence-electron chi connectivity index (χ0n) is 12.4. The van der Waals surface area contributed by atoms with Gasteiger partial charge in [0.15, 0.2) is 5.82 Å². The van der Waals surface area contributed by atoms with Crippen LogP contribution < -0.4 is 4.73 Å². The van der Waals surface area contributed by atoms with Crippen LogP contribution in [0.4, 0.5) is 17.6 Å². The number of rotatable bonds is 3. The van der Waals surface area contributed by atoms with Gasteiger partial charge in [0.1, 0.15) is 0 Å². The van der Waals surface area contributed by atoms with Crippen molar-refractivity contribution in [1.82, 2.24) is 0 Å². The first-order valence-electron chi connectivity index (χ1n) is 6.48. The van der Waals surface area contributed by atoms with E-state index in [9.17, 15) is 27.6 Å². The van der Waals surface area contributed by atoms with Crippen LogP contribution >= 0.6 is 11.6 Å². The van der Waals surface area contributed by atoms with Crippen LogP contribution in [0.3, 0.4) is 0 Å². The van der Waals surface area contributed by atoms with Crippen molar-refractivity contribution in [2.24, 2.45) is 0 Å². The Morgan fingerprint density at radius 3 is 2.46 bits per heavy atom. The van der Waals surface area contributed by atoms with Gasteiger partial charge in [0.2, 0.25) is 12.0 Å². The van der Waals surface area contributed by atoms with Crippen LogP contribution in [0.2, 0.25) is 5.02 Å². The summed E-state index contributed by atoms with van der Waals surface area (Å²) in [5.74, 6) is -9.11. The molecule has 0 saturated carbocycles. The van der Waals surface area contributed by atoms with E-state index in [-0.39, 0.29) is 9.75 Å². The van der Waals surface area contributed by atoms with Crippen LogP contribution in [0.15, 0.2) is 24.4 Å². The number of halogens is 5. The maximum atomic E-state index is 14.5. The fourth-order valence-electron chi connectivity index (χ4n) is 2.07. The van der Waals surface area contributed by atoms with Crippen LogP contribution in [-0.2, 0) is 15.5 Å². The molecular weight excluding hydrogens is 354 g/mol. The average Bonchev–Trinajstić information content (AvgIpc) is 2.53. The molecular formula is C15H11ClF4NO3+. The minimum Gasteiger partial charge on any atom is -0.464 e. The Morgan fingerprint density at radius 1 is 1.25 bits per heavy atom. The number of ether oxygens (including phenoxy) is 1. The summed E-state index contributed by atoms with van der Waals surface area (Å²) >= 11 is 5.73. The van der Waals surface area contributed by atoms with Crippen LogP contribution in [0.25, 0.3) is 11.3 Å². The van der Waals surface area contributed by atoms with Crippen molar-refractivity contribution in [2.75, 3.05) is 7.11 Å². The van der Waals surface area contributed by atoms with E-state index in [4.69, 9.17) is 11.6 Å². The molecule has 2 aromatic rings. The molecule has 2 rings (SSSR count). The molecule has 0 radical (unpaired) electrons.